The lowest BCUT2D eigenvalue weighted by Gasteiger charge is -2.13. The van der Waals surface area contributed by atoms with Gasteiger partial charge in [-0.3, -0.25) is 25.0 Å². The van der Waals surface area contributed by atoms with Crippen LogP contribution in [0.4, 0.5) is 11.4 Å². The quantitative estimate of drug-likeness (QED) is 0.0821. The van der Waals surface area contributed by atoms with E-state index in [0.29, 0.717) is 27.8 Å². The number of fused-ring (bicyclic) bond motifs is 2. The molecule has 2 heterocycles. The van der Waals surface area contributed by atoms with Crippen molar-refractivity contribution in [1.82, 2.24) is 9.66 Å². The molecule has 0 atom stereocenters. The summed E-state index contributed by atoms with van der Waals surface area (Å²) in [5.41, 5.74) is 0.865. The maximum atomic E-state index is 13.7. The Morgan fingerprint density at radius 1 is 0.978 bits per heavy atom. The number of furan rings is 1. The van der Waals surface area contributed by atoms with Crippen molar-refractivity contribution < 1.29 is 23.7 Å². The molecule has 0 saturated carbocycles. The molecule has 13 nitrogen and oxygen atoms in total. The molecule has 0 unspecified atom stereocenters. The molecule has 0 radical (unpaired) electrons. The SMILES string of the molecule is CCOc1cc(C=Nn2c(-c3cc4cc(Br)ccc4o3)nc3ccccc3c2=O)cc([N+](=O)[O-])c1OCc1ccc([N+](=O)[O-])cc1. The number of aromatic nitrogens is 2. The third-order valence-corrected chi connectivity index (χ3v) is 7.35. The topological polar surface area (TPSA) is 165 Å². The predicted octanol–water partition coefficient (Wildman–Crippen LogP) is 7.25. The Kier molecular flexibility index (Phi) is 8.27. The molecule has 0 aliphatic heterocycles. The van der Waals surface area contributed by atoms with Gasteiger partial charge in [0.1, 0.15) is 12.2 Å². The number of benzene rings is 4. The minimum atomic E-state index is -0.618. The van der Waals surface area contributed by atoms with Crippen LogP contribution in [0.2, 0.25) is 0 Å². The number of non-ortho nitro benzene ring substituents is 1. The van der Waals surface area contributed by atoms with Gasteiger partial charge in [0.2, 0.25) is 11.6 Å². The van der Waals surface area contributed by atoms with E-state index in [2.05, 4.69) is 26.0 Å². The maximum Gasteiger partial charge on any atom is 0.315 e. The molecule has 4 aromatic carbocycles. The number of para-hydroxylation sites is 1. The van der Waals surface area contributed by atoms with Crippen LogP contribution in [0.25, 0.3) is 33.5 Å². The van der Waals surface area contributed by atoms with Gasteiger partial charge in [0, 0.05) is 33.6 Å². The zero-order valence-corrected chi connectivity index (χ0v) is 25.5. The normalized spacial score (nSPS) is 11.3. The molecule has 0 spiro atoms. The van der Waals surface area contributed by atoms with E-state index in [1.807, 2.05) is 12.1 Å². The van der Waals surface area contributed by atoms with Gasteiger partial charge in [-0.25, -0.2) is 4.98 Å². The van der Waals surface area contributed by atoms with Crippen LogP contribution in [0.15, 0.2) is 104 Å². The maximum absolute atomic E-state index is 13.7. The second-order valence-corrected chi connectivity index (χ2v) is 10.8. The van der Waals surface area contributed by atoms with Crippen LogP contribution in [-0.4, -0.2) is 32.3 Å². The molecule has 6 aromatic rings. The Balaban J connectivity index is 1.41. The summed E-state index contributed by atoms with van der Waals surface area (Å²) in [7, 11) is 0. The summed E-state index contributed by atoms with van der Waals surface area (Å²) < 4.78 is 19.5. The van der Waals surface area contributed by atoms with Gasteiger partial charge in [-0.15, -0.1) is 0 Å². The summed E-state index contributed by atoms with van der Waals surface area (Å²) in [5, 5.41) is 28.6. The molecule has 0 aliphatic carbocycles. The Morgan fingerprint density at radius 2 is 1.76 bits per heavy atom. The lowest BCUT2D eigenvalue weighted by molar-refractivity contribution is -0.386. The molecule has 0 amide bonds. The molecular formula is C32H22BrN5O8. The zero-order chi connectivity index (χ0) is 32.4. The van der Waals surface area contributed by atoms with Crippen molar-refractivity contribution in [3.63, 3.8) is 0 Å². The number of halogens is 1. The van der Waals surface area contributed by atoms with Crippen molar-refractivity contribution in [2.45, 2.75) is 13.5 Å². The molecule has 0 saturated heterocycles. The zero-order valence-electron chi connectivity index (χ0n) is 24.0. The van der Waals surface area contributed by atoms with Crippen LogP contribution in [0.1, 0.15) is 18.1 Å². The average Bonchev–Trinajstić information content (AvgIpc) is 3.47. The van der Waals surface area contributed by atoms with Gasteiger partial charge in [-0.05, 0) is 67.1 Å². The monoisotopic (exact) mass is 683 g/mol. The third-order valence-electron chi connectivity index (χ3n) is 6.86. The second-order valence-electron chi connectivity index (χ2n) is 9.88. The number of hydrogen-bond donors (Lipinski definition) is 0. The third kappa shape index (κ3) is 6.05. The number of nitrogens with zero attached hydrogens (tertiary/aromatic N) is 5. The highest BCUT2D eigenvalue weighted by Crippen LogP contribution is 2.39. The first kappa shape index (κ1) is 30.1. The van der Waals surface area contributed by atoms with E-state index >= 15 is 0 Å². The van der Waals surface area contributed by atoms with E-state index in [1.165, 1.54) is 42.6 Å². The van der Waals surface area contributed by atoms with E-state index in [-0.39, 0.29) is 41.8 Å². The highest BCUT2D eigenvalue weighted by molar-refractivity contribution is 9.10. The van der Waals surface area contributed by atoms with Gasteiger partial charge in [0.05, 0.1) is 33.6 Å². The summed E-state index contributed by atoms with van der Waals surface area (Å²) in [6, 6.07) is 22.4. The lowest BCUT2D eigenvalue weighted by atomic mass is 10.1. The minimum Gasteiger partial charge on any atom is -0.490 e. The Hall–Kier alpha value is -5.89. The largest absolute Gasteiger partial charge is 0.490 e. The number of nitro benzene ring substituents is 2. The van der Waals surface area contributed by atoms with Crippen LogP contribution >= 0.6 is 15.9 Å². The number of nitro groups is 2. The summed E-state index contributed by atoms with van der Waals surface area (Å²) in [6.07, 6.45) is 1.29. The Bertz CT molecular complexity index is 2230. The van der Waals surface area contributed by atoms with Crippen molar-refractivity contribution in [3.05, 3.63) is 131 Å². The first-order valence-electron chi connectivity index (χ1n) is 13.8. The van der Waals surface area contributed by atoms with Crippen molar-refractivity contribution >= 4 is 55.4 Å². The number of rotatable bonds is 10. The van der Waals surface area contributed by atoms with Gasteiger partial charge < -0.3 is 13.9 Å². The van der Waals surface area contributed by atoms with Gasteiger partial charge >= 0.3 is 5.69 Å². The fourth-order valence-corrected chi connectivity index (χ4v) is 5.11. The van der Waals surface area contributed by atoms with Crippen LogP contribution in [0, 0.1) is 20.2 Å². The molecule has 46 heavy (non-hydrogen) atoms. The molecule has 0 fully saturated rings. The van der Waals surface area contributed by atoms with Crippen molar-refractivity contribution in [3.8, 4) is 23.1 Å². The van der Waals surface area contributed by atoms with Crippen molar-refractivity contribution in [2.24, 2.45) is 5.10 Å². The van der Waals surface area contributed by atoms with Crippen LogP contribution in [-0.2, 0) is 6.61 Å². The summed E-state index contributed by atoms with van der Waals surface area (Å²) in [4.78, 5) is 40.3. The van der Waals surface area contributed by atoms with Gasteiger partial charge in [-0.2, -0.15) is 9.78 Å². The smallest absolute Gasteiger partial charge is 0.315 e. The van der Waals surface area contributed by atoms with Gasteiger partial charge in [0.15, 0.2) is 11.5 Å². The Labute approximate surface area is 267 Å². The molecule has 2 aromatic heterocycles. The van der Waals surface area contributed by atoms with Crippen LogP contribution in [0.3, 0.4) is 0 Å². The molecule has 0 aliphatic rings. The predicted molar refractivity (Wildman–Crippen MR) is 174 cm³/mol. The summed E-state index contributed by atoms with van der Waals surface area (Å²) in [6.45, 7) is 1.78. The molecular weight excluding hydrogens is 662 g/mol. The lowest BCUT2D eigenvalue weighted by Crippen LogP contribution is -2.20. The average molecular weight is 684 g/mol. The fraction of sp³-hybridized carbons (Fsp3) is 0.0938. The number of ether oxygens (including phenoxy) is 2. The van der Waals surface area contributed by atoms with E-state index in [4.69, 9.17) is 13.9 Å². The highest BCUT2D eigenvalue weighted by Gasteiger charge is 2.23. The molecule has 6 rings (SSSR count). The fourth-order valence-electron chi connectivity index (χ4n) is 4.73. The molecule has 230 valence electrons. The second kappa shape index (κ2) is 12.6. The standard InChI is InChI=1S/C32H22BrN5O8/c1-2-44-28-14-20(13-26(38(42)43)30(28)45-18-19-7-10-23(11-8-19)37(40)41)17-34-36-31(35-25-6-4-3-5-24(25)32(36)39)29-16-21-15-22(33)9-12-27(21)46-29/h3-17H,2,18H2,1H3. The van der Waals surface area contributed by atoms with Crippen LogP contribution < -0.4 is 15.0 Å². The molecule has 0 bridgehead atoms. The van der Waals surface area contributed by atoms with Gasteiger partial charge in [0.25, 0.3) is 11.2 Å². The first-order chi connectivity index (χ1) is 22.2. The van der Waals surface area contributed by atoms with E-state index in [0.717, 1.165) is 14.5 Å². The first-order valence-corrected chi connectivity index (χ1v) is 14.6. The van der Waals surface area contributed by atoms with Gasteiger partial charge in [-0.1, -0.05) is 28.1 Å². The Morgan fingerprint density at radius 3 is 2.50 bits per heavy atom. The minimum absolute atomic E-state index is 0.0760. The summed E-state index contributed by atoms with van der Waals surface area (Å²) >= 11 is 3.45. The van der Waals surface area contributed by atoms with E-state index < -0.39 is 21.1 Å². The van der Waals surface area contributed by atoms with Crippen LogP contribution in [0.5, 0.6) is 11.5 Å². The van der Waals surface area contributed by atoms with Crippen molar-refractivity contribution in [1.29, 1.82) is 0 Å². The highest BCUT2D eigenvalue weighted by atomic mass is 79.9. The van der Waals surface area contributed by atoms with E-state index in [1.54, 1.807) is 43.3 Å². The van der Waals surface area contributed by atoms with Crippen molar-refractivity contribution in [2.75, 3.05) is 6.61 Å². The molecule has 0 N–H and O–H groups in total. The molecule has 14 heteroatoms. The number of hydrogen-bond acceptors (Lipinski definition) is 10. The van der Waals surface area contributed by atoms with E-state index in [9.17, 15) is 25.0 Å². The summed E-state index contributed by atoms with van der Waals surface area (Å²) in [5.74, 6) is 0.382.